The molecule has 0 heterocycles. The van der Waals surface area contributed by atoms with E-state index in [-0.39, 0.29) is 37.7 Å². The number of nitrogens with one attached hydrogen (secondary N) is 2. The molecule has 2 rings (SSSR count). The van der Waals surface area contributed by atoms with Crippen LogP contribution >= 0.6 is 0 Å². The Kier molecular flexibility index (Phi) is 7.42. The Labute approximate surface area is 168 Å². The number of benzene rings is 2. The van der Waals surface area contributed by atoms with Crippen molar-refractivity contribution in [3.8, 4) is 0 Å². The molecule has 0 aliphatic rings. The van der Waals surface area contributed by atoms with Crippen LogP contribution in [0.4, 0.5) is 13.2 Å². The van der Waals surface area contributed by atoms with Crippen molar-refractivity contribution in [3.63, 3.8) is 0 Å². The zero-order chi connectivity index (χ0) is 21.5. The van der Waals surface area contributed by atoms with Crippen LogP contribution in [-0.4, -0.2) is 24.9 Å². The highest BCUT2D eigenvalue weighted by Gasteiger charge is 2.32. The molecule has 0 aliphatic carbocycles. The monoisotopic (exact) mass is 406 g/mol. The number of rotatable bonds is 8. The normalized spacial score (nSPS) is 11.8. The highest BCUT2D eigenvalue weighted by atomic mass is 19.4. The van der Waals surface area contributed by atoms with Crippen molar-refractivity contribution in [3.05, 3.63) is 71.3 Å². The van der Waals surface area contributed by atoms with Crippen LogP contribution in [0.1, 0.15) is 37.0 Å². The molecule has 4 nitrogen and oxygen atoms in total. The maximum atomic E-state index is 12.9. The standard InChI is InChI=1S/C22H25F3N2O2/c1-21(2,17-9-6-10-18(14-17)22(23,24)25)15-27-19(28)11-12-26-20(29)13-16-7-4-3-5-8-16/h3-10,14H,11-13,15H2,1-2H3,(H,26,29)(H,27,28). The number of hydrogen-bond donors (Lipinski definition) is 2. The molecule has 0 aliphatic heterocycles. The molecule has 2 amide bonds. The quantitative estimate of drug-likeness (QED) is 0.700. The fourth-order valence-corrected chi connectivity index (χ4v) is 2.79. The number of halogens is 3. The van der Waals surface area contributed by atoms with Gasteiger partial charge in [-0.05, 0) is 17.2 Å². The lowest BCUT2D eigenvalue weighted by molar-refractivity contribution is -0.137. The lowest BCUT2D eigenvalue weighted by Gasteiger charge is -2.26. The first-order valence-corrected chi connectivity index (χ1v) is 9.33. The van der Waals surface area contributed by atoms with E-state index < -0.39 is 17.2 Å². The summed E-state index contributed by atoms with van der Waals surface area (Å²) in [7, 11) is 0. The molecule has 156 valence electrons. The molecule has 0 saturated heterocycles. The lowest BCUT2D eigenvalue weighted by atomic mass is 9.83. The summed E-state index contributed by atoms with van der Waals surface area (Å²) in [5.41, 5.74) is -0.00961. The third-order valence-corrected chi connectivity index (χ3v) is 4.58. The van der Waals surface area contributed by atoms with E-state index in [1.54, 1.807) is 19.9 Å². The topological polar surface area (TPSA) is 58.2 Å². The summed E-state index contributed by atoms with van der Waals surface area (Å²) in [5.74, 6) is -0.446. The van der Waals surface area contributed by atoms with Gasteiger partial charge in [0.1, 0.15) is 0 Å². The molecule has 0 aromatic heterocycles. The largest absolute Gasteiger partial charge is 0.416 e. The molecule has 0 fully saturated rings. The molecule has 0 unspecified atom stereocenters. The molecule has 2 aromatic rings. The first-order valence-electron chi connectivity index (χ1n) is 9.33. The van der Waals surface area contributed by atoms with Gasteiger partial charge >= 0.3 is 6.18 Å². The van der Waals surface area contributed by atoms with Gasteiger partial charge in [0, 0.05) is 24.9 Å². The minimum Gasteiger partial charge on any atom is -0.355 e. The van der Waals surface area contributed by atoms with Crippen molar-refractivity contribution < 1.29 is 22.8 Å². The Bertz CT molecular complexity index is 833. The Morgan fingerprint density at radius 3 is 2.17 bits per heavy atom. The van der Waals surface area contributed by atoms with Crippen molar-refractivity contribution in [2.75, 3.05) is 13.1 Å². The minimum absolute atomic E-state index is 0.0964. The molecule has 29 heavy (non-hydrogen) atoms. The van der Waals surface area contributed by atoms with Crippen LogP contribution in [0.5, 0.6) is 0 Å². The third-order valence-electron chi connectivity index (χ3n) is 4.58. The SMILES string of the molecule is CC(C)(CNC(=O)CCNC(=O)Cc1ccccc1)c1cccc(C(F)(F)F)c1. The summed E-state index contributed by atoms with van der Waals surface area (Å²) < 4.78 is 38.7. The first-order chi connectivity index (χ1) is 13.6. The number of hydrogen-bond acceptors (Lipinski definition) is 2. The van der Waals surface area contributed by atoms with E-state index in [2.05, 4.69) is 10.6 Å². The van der Waals surface area contributed by atoms with E-state index in [1.807, 2.05) is 30.3 Å². The van der Waals surface area contributed by atoms with Gasteiger partial charge in [-0.25, -0.2) is 0 Å². The second-order valence-electron chi connectivity index (χ2n) is 7.50. The van der Waals surface area contributed by atoms with Crippen molar-refractivity contribution >= 4 is 11.8 Å². The van der Waals surface area contributed by atoms with Crippen LogP contribution < -0.4 is 10.6 Å². The second-order valence-corrected chi connectivity index (χ2v) is 7.50. The molecular weight excluding hydrogens is 381 g/mol. The van der Waals surface area contributed by atoms with Crippen LogP contribution in [0.2, 0.25) is 0 Å². The van der Waals surface area contributed by atoms with E-state index in [1.165, 1.54) is 6.07 Å². The predicted molar refractivity (Wildman–Crippen MR) is 105 cm³/mol. The molecule has 2 aromatic carbocycles. The van der Waals surface area contributed by atoms with Gasteiger partial charge in [-0.2, -0.15) is 13.2 Å². The van der Waals surface area contributed by atoms with E-state index >= 15 is 0 Å². The molecule has 7 heteroatoms. The zero-order valence-corrected chi connectivity index (χ0v) is 16.5. The third kappa shape index (κ3) is 7.25. The Balaban J connectivity index is 1.78. The van der Waals surface area contributed by atoms with Crippen molar-refractivity contribution in [2.24, 2.45) is 0 Å². The fourth-order valence-electron chi connectivity index (χ4n) is 2.79. The maximum Gasteiger partial charge on any atom is 0.416 e. The Morgan fingerprint density at radius 1 is 0.862 bits per heavy atom. The van der Waals surface area contributed by atoms with Gasteiger partial charge in [0.05, 0.1) is 12.0 Å². The fraction of sp³-hybridized carbons (Fsp3) is 0.364. The summed E-state index contributed by atoms with van der Waals surface area (Å²) >= 11 is 0. The van der Waals surface area contributed by atoms with E-state index in [0.29, 0.717) is 5.56 Å². The molecular formula is C22H25F3N2O2. The molecule has 0 spiro atoms. The Morgan fingerprint density at radius 2 is 1.52 bits per heavy atom. The van der Waals surface area contributed by atoms with Gasteiger partial charge in [0.25, 0.3) is 0 Å². The van der Waals surface area contributed by atoms with E-state index in [0.717, 1.165) is 17.7 Å². The highest BCUT2D eigenvalue weighted by molar-refractivity contribution is 5.80. The number of amides is 2. The average molecular weight is 406 g/mol. The summed E-state index contributed by atoms with van der Waals surface area (Å²) in [6, 6.07) is 14.4. The van der Waals surface area contributed by atoms with E-state index in [4.69, 9.17) is 0 Å². The first kappa shape index (κ1) is 22.5. The number of alkyl halides is 3. The van der Waals surface area contributed by atoms with Crippen LogP contribution in [0, 0.1) is 0 Å². The van der Waals surface area contributed by atoms with Gasteiger partial charge in [-0.15, -0.1) is 0 Å². The minimum atomic E-state index is -4.41. The van der Waals surface area contributed by atoms with Gasteiger partial charge in [-0.1, -0.05) is 62.4 Å². The molecule has 0 atom stereocenters. The van der Waals surface area contributed by atoms with Crippen LogP contribution in [0.25, 0.3) is 0 Å². The zero-order valence-electron chi connectivity index (χ0n) is 16.5. The van der Waals surface area contributed by atoms with Gasteiger partial charge in [0.2, 0.25) is 11.8 Å². The smallest absolute Gasteiger partial charge is 0.355 e. The van der Waals surface area contributed by atoms with E-state index in [9.17, 15) is 22.8 Å². The molecule has 0 saturated carbocycles. The molecule has 0 bridgehead atoms. The van der Waals surface area contributed by atoms with Crippen molar-refractivity contribution in [1.29, 1.82) is 0 Å². The summed E-state index contributed by atoms with van der Waals surface area (Å²) in [4.78, 5) is 23.9. The summed E-state index contributed by atoms with van der Waals surface area (Å²) in [5, 5.41) is 5.42. The summed E-state index contributed by atoms with van der Waals surface area (Å²) in [6.45, 7) is 3.92. The number of carbonyl (C=O) groups excluding carboxylic acids is 2. The maximum absolute atomic E-state index is 12.9. The Hall–Kier alpha value is -2.83. The number of carbonyl (C=O) groups is 2. The second kappa shape index (κ2) is 9.58. The van der Waals surface area contributed by atoms with Gasteiger partial charge in [0.15, 0.2) is 0 Å². The lowest BCUT2D eigenvalue weighted by Crippen LogP contribution is -2.38. The van der Waals surface area contributed by atoms with Gasteiger partial charge in [-0.3, -0.25) is 9.59 Å². The van der Waals surface area contributed by atoms with Gasteiger partial charge < -0.3 is 10.6 Å². The molecule has 2 N–H and O–H groups in total. The highest BCUT2D eigenvalue weighted by Crippen LogP contribution is 2.32. The van der Waals surface area contributed by atoms with Crippen molar-refractivity contribution in [1.82, 2.24) is 10.6 Å². The van der Waals surface area contributed by atoms with Crippen molar-refractivity contribution in [2.45, 2.75) is 38.3 Å². The van der Waals surface area contributed by atoms with Crippen LogP contribution in [-0.2, 0) is 27.6 Å². The van der Waals surface area contributed by atoms with Crippen LogP contribution in [0.15, 0.2) is 54.6 Å². The predicted octanol–water partition coefficient (Wildman–Crippen LogP) is 3.85. The van der Waals surface area contributed by atoms with Crippen LogP contribution in [0.3, 0.4) is 0 Å². The summed E-state index contributed by atoms with van der Waals surface area (Å²) in [6.07, 6.45) is -4.07. The molecule has 0 radical (unpaired) electrons. The average Bonchev–Trinajstić information content (AvgIpc) is 2.67.